The van der Waals surface area contributed by atoms with Gasteiger partial charge in [-0.1, -0.05) is 64.0 Å². The zero-order valence-electron chi connectivity index (χ0n) is 14.8. The van der Waals surface area contributed by atoms with Crippen LogP contribution >= 0.6 is 15.9 Å². The first-order valence-corrected chi connectivity index (χ1v) is 9.43. The van der Waals surface area contributed by atoms with Crippen LogP contribution < -0.4 is 5.56 Å². The fourth-order valence-corrected chi connectivity index (χ4v) is 3.31. The third-order valence-corrected chi connectivity index (χ3v) is 4.88. The second kappa shape index (κ2) is 7.33. The molecule has 0 bridgehead atoms. The Bertz CT molecular complexity index is 1210. The number of fused-ring (bicyclic) bond motifs is 1. The van der Waals surface area contributed by atoms with Gasteiger partial charge in [-0.05, 0) is 55.0 Å². The molecular weight excluding hydrogens is 400 g/mol. The van der Waals surface area contributed by atoms with Gasteiger partial charge in [-0.2, -0.15) is 0 Å². The van der Waals surface area contributed by atoms with Crippen molar-refractivity contribution in [3.8, 4) is 5.69 Å². The smallest absolute Gasteiger partial charge is 0.266 e. The largest absolute Gasteiger partial charge is 0.268 e. The molecule has 4 heteroatoms. The Labute approximate surface area is 165 Å². The highest BCUT2D eigenvalue weighted by atomic mass is 79.9. The SMILES string of the molecule is Cc1cccc(/C=C/c2nc3ccccc3c(=O)n2-c2ccc(Br)cc2)c1. The molecule has 0 fully saturated rings. The number of para-hydroxylation sites is 1. The first-order valence-electron chi connectivity index (χ1n) is 8.64. The number of hydrogen-bond acceptors (Lipinski definition) is 2. The third kappa shape index (κ3) is 3.62. The third-order valence-electron chi connectivity index (χ3n) is 4.35. The lowest BCUT2D eigenvalue weighted by atomic mass is 10.1. The van der Waals surface area contributed by atoms with E-state index in [1.807, 2.05) is 72.8 Å². The van der Waals surface area contributed by atoms with Crippen LogP contribution in [0.2, 0.25) is 0 Å². The highest BCUT2D eigenvalue weighted by molar-refractivity contribution is 9.10. The van der Waals surface area contributed by atoms with E-state index in [0.29, 0.717) is 16.7 Å². The molecule has 1 heterocycles. The van der Waals surface area contributed by atoms with Gasteiger partial charge in [-0.25, -0.2) is 4.98 Å². The topological polar surface area (TPSA) is 34.9 Å². The first kappa shape index (κ1) is 17.4. The molecule has 3 aromatic carbocycles. The van der Waals surface area contributed by atoms with E-state index in [1.165, 1.54) is 5.56 Å². The average molecular weight is 417 g/mol. The Morgan fingerprint density at radius 3 is 2.48 bits per heavy atom. The van der Waals surface area contributed by atoms with Crippen LogP contribution in [0.25, 0.3) is 28.7 Å². The summed E-state index contributed by atoms with van der Waals surface area (Å²) in [6.07, 6.45) is 3.88. The lowest BCUT2D eigenvalue weighted by Crippen LogP contribution is -2.22. The fraction of sp³-hybridized carbons (Fsp3) is 0.0435. The van der Waals surface area contributed by atoms with Gasteiger partial charge in [0.2, 0.25) is 0 Å². The maximum absolute atomic E-state index is 13.2. The summed E-state index contributed by atoms with van der Waals surface area (Å²) in [7, 11) is 0. The second-order valence-corrected chi connectivity index (χ2v) is 7.27. The molecule has 0 N–H and O–H groups in total. The van der Waals surface area contributed by atoms with Crippen LogP contribution in [-0.4, -0.2) is 9.55 Å². The van der Waals surface area contributed by atoms with E-state index < -0.39 is 0 Å². The van der Waals surface area contributed by atoms with Crippen LogP contribution in [0.5, 0.6) is 0 Å². The van der Waals surface area contributed by atoms with Crippen molar-refractivity contribution in [1.82, 2.24) is 9.55 Å². The van der Waals surface area contributed by atoms with Crippen molar-refractivity contribution >= 4 is 39.0 Å². The summed E-state index contributed by atoms with van der Waals surface area (Å²) < 4.78 is 2.62. The number of hydrogen-bond donors (Lipinski definition) is 0. The predicted octanol–water partition coefficient (Wildman–Crippen LogP) is 5.63. The lowest BCUT2D eigenvalue weighted by molar-refractivity contribution is 0.943. The molecule has 1 aromatic heterocycles. The lowest BCUT2D eigenvalue weighted by Gasteiger charge is -2.11. The molecule has 0 saturated carbocycles. The maximum atomic E-state index is 13.2. The molecule has 4 rings (SSSR count). The maximum Gasteiger partial charge on any atom is 0.266 e. The summed E-state index contributed by atoms with van der Waals surface area (Å²) in [6.45, 7) is 2.06. The van der Waals surface area contributed by atoms with Crippen LogP contribution in [0.3, 0.4) is 0 Å². The van der Waals surface area contributed by atoms with Gasteiger partial charge in [0.15, 0.2) is 0 Å². The molecule has 0 atom stereocenters. The van der Waals surface area contributed by atoms with Gasteiger partial charge in [-0.15, -0.1) is 0 Å². The molecule has 0 radical (unpaired) electrons. The second-order valence-electron chi connectivity index (χ2n) is 6.35. The van der Waals surface area contributed by atoms with Crippen LogP contribution in [0.15, 0.2) is 82.1 Å². The molecule has 132 valence electrons. The van der Waals surface area contributed by atoms with E-state index >= 15 is 0 Å². The Hall–Kier alpha value is -2.98. The molecule has 4 aromatic rings. The van der Waals surface area contributed by atoms with Crippen molar-refractivity contribution < 1.29 is 0 Å². The quantitative estimate of drug-likeness (QED) is 0.433. The number of nitrogens with zero attached hydrogens (tertiary/aromatic N) is 2. The van der Waals surface area contributed by atoms with Crippen LogP contribution in [0.4, 0.5) is 0 Å². The van der Waals surface area contributed by atoms with E-state index in [1.54, 1.807) is 4.57 Å². The summed E-state index contributed by atoms with van der Waals surface area (Å²) in [5.41, 5.74) is 3.66. The highest BCUT2D eigenvalue weighted by Crippen LogP contribution is 2.18. The molecule has 0 spiro atoms. The molecule has 0 aliphatic rings. The summed E-state index contributed by atoms with van der Waals surface area (Å²) in [5, 5.41) is 0.605. The minimum atomic E-state index is -0.0770. The molecule has 0 saturated heterocycles. The Balaban J connectivity index is 1.93. The molecule has 27 heavy (non-hydrogen) atoms. The van der Waals surface area contributed by atoms with Crippen molar-refractivity contribution in [1.29, 1.82) is 0 Å². The molecule has 3 nitrogen and oxygen atoms in total. The summed E-state index contributed by atoms with van der Waals surface area (Å²) >= 11 is 3.45. The number of halogens is 1. The van der Waals surface area contributed by atoms with Gasteiger partial charge >= 0.3 is 0 Å². The first-order chi connectivity index (χ1) is 13.1. The van der Waals surface area contributed by atoms with Crippen molar-refractivity contribution in [2.45, 2.75) is 6.92 Å². The van der Waals surface area contributed by atoms with E-state index in [9.17, 15) is 4.79 Å². The van der Waals surface area contributed by atoms with Crippen molar-refractivity contribution in [3.05, 3.63) is 105 Å². The average Bonchev–Trinajstić information content (AvgIpc) is 2.68. The van der Waals surface area contributed by atoms with Gasteiger partial charge in [-0.3, -0.25) is 9.36 Å². The molecular formula is C23H17BrN2O. The molecule has 0 aliphatic carbocycles. The van der Waals surface area contributed by atoms with Crippen LogP contribution in [0, 0.1) is 6.92 Å². The van der Waals surface area contributed by atoms with Crippen molar-refractivity contribution in [2.24, 2.45) is 0 Å². The minimum Gasteiger partial charge on any atom is -0.268 e. The number of rotatable bonds is 3. The van der Waals surface area contributed by atoms with Crippen LogP contribution in [-0.2, 0) is 0 Å². The standard InChI is InChI=1S/C23H17BrN2O/c1-16-5-4-6-17(15-16)9-14-22-25-21-8-3-2-7-20(21)23(27)26(22)19-12-10-18(24)11-13-19/h2-15H,1H3/b14-9+. The van der Waals surface area contributed by atoms with Crippen molar-refractivity contribution in [3.63, 3.8) is 0 Å². The number of aromatic nitrogens is 2. The number of benzene rings is 3. The fourth-order valence-electron chi connectivity index (χ4n) is 3.05. The Morgan fingerprint density at radius 2 is 1.70 bits per heavy atom. The molecule has 0 aliphatic heterocycles. The van der Waals surface area contributed by atoms with Crippen molar-refractivity contribution in [2.75, 3.05) is 0 Å². The van der Waals surface area contributed by atoms with Gasteiger partial charge in [0.05, 0.1) is 16.6 Å². The molecule has 0 amide bonds. The van der Waals surface area contributed by atoms with Gasteiger partial charge in [0.1, 0.15) is 5.82 Å². The van der Waals surface area contributed by atoms with Gasteiger partial charge in [0, 0.05) is 4.47 Å². The Kier molecular flexibility index (Phi) is 4.73. The van der Waals surface area contributed by atoms with Crippen LogP contribution in [0.1, 0.15) is 17.0 Å². The van der Waals surface area contributed by atoms with E-state index in [-0.39, 0.29) is 5.56 Å². The summed E-state index contributed by atoms with van der Waals surface area (Å²) in [6, 6.07) is 23.3. The zero-order chi connectivity index (χ0) is 18.8. The van der Waals surface area contributed by atoms with E-state index in [2.05, 4.69) is 35.0 Å². The monoisotopic (exact) mass is 416 g/mol. The van der Waals surface area contributed by atoms with E-state index in [4.69, 9.17) is 4.98 Å². The van der Waals surface area contributed by atoms with Gasteiger partial charge < -0.3 is 0 Å². The molecule has 0 unspecified atom stereocenters. The normalized spacial score (nSPS) is 11.3. The summed E-state index contributed by atoms with van der Waals surface area (Å²) in [4.78, 5) is 17.9. The number of aryl methyl sites for hydroxylation is 1. The van der Waals surface area contributed by atoms with E-state index in [0.717, 1.165) is 15.7 Å². The highest BCUT2D eigenvalue weighted by Gasteiger charge is 2.10. The zero-order valence-corrected chi connectivity index (χ0v) is 16.3. The Morgan fingerprint density at radius 1 is 0.926 bits per heavy atom. The minimum absolute atomic E-state index is 0.0770. The predicted molar refractivity (Wildman–Crippen MR) is 115 cm³/mol. The van der Waals surface area contributed by atoms with Gasteiger partial charge in [0.25, 0.3) is 5.56 Å². The summed E-state index contributed by atoms with van der Waals surface area (Å²) in [5.74, 6) is 0.600.